The molecule has 0 radical (unpaired) electrons. The SMILES string of the molecule is NC(CCCCOC(=O)NC1CC1)C(=O)O. The molecule has 0 spiro atoms. The minimum Gasteiger partial charge on any atom is -0.480 e. The van der Waals surface area contributed by atoms with Crippen molar-refractivity contribution in [1.29, 1.82) is 0 Å². The van der Waals surface area contributed by atoms with Crippen LogP contribution in [0.4, 0.5) is 4.79 Å². The number of amides is 1. The average molecular weight is 230 g/mol. The fraction of sp³-hybridized carbons (Fsp3) is 0.800. The highest BCUT2D eigenvalue weighted by molar-refractivity contribution is 5.72. The van der Waals surface area contributed by atoms with E-state index in [1.807, 2.05) is 0 Å². The minimum atomic E-state index is -0.993. The monoisotopic (exact) mass is 230 g/mol. The van der Waals surface area contributed by atoms with E-state index in [0.717, 1.165) is 12.8 Å². The van der Waals surface area contributed by atoms with E-state index < -0.39 is 12.0 Å². The standard InChI is InChI=1S/C10H18N2O4/c11-8(9(13)14)3-1-2-6-16-10(15)12-7-4-5-7/h7-8H,1-6,11H2,(H,12,15)(H,13,14). The number of hydrogen-bond acceptors (Lipinski definition) is 4. The van der Waals surface area contributed by atoms with Crippen LogP contribution in [0.5, 0.6) is 0 Å². The molecular formula is C10H18N2O4. The summed E-state index contributed by atoms with van der Waals surface area (Å²) in [6, 6.07) is -0.520. The molecule has 0 aliphatic heterocycles. The van der Waals surface area contributed by atoms with Crippen LogP contribution in [-0.2, 0) is 9.53 Å². The van der Waals surface area contributed by atoms with Crippen molar-refractivity contribution in [2.45, 2.75) is 44.2 Å². The Morgan fingerprint density at radius 1 is 1.44 bits per heavy atom. The second-order valence-corrected chi connectivity index (χ2v) is 4.00. The Balaban J connectivity index is 1.90. The zero-order valence-electron chi connectivity index (χ0n) is 9.15. The zero-order valence-corrected chi connectivity index (χ0v) is 9.15. The van der Waals surface area contributed by atoms with E-state index in [0.29, 0.717) is 31.9 Å². The lowest BCUT2D eigenvalue weighted by Crippen LogP contribution is -2.30. The van der Waals surface area contributed by atoms with Crippen molar-refractivity contribution < 1.29 is 19.4 Å². The van der Waals surface area contributed by atoms with Crippen molar-refractivity contribution in [3.63, 3.8) is 0 Å². The summed E-state index contributed by atoms with van der Waals surface area (Å²) in [5, 5.41) is 11.2. The van der Waals surface area contributed by atoms with Crippen LogP contribution in [0.25, 0.3) is 0 Å². The number of rotatable bonds is 7. The molecule has 1 aliphatic rings. The number of unbranched alkanes of at least 4 members (excludes halogenated alkanes) is 1. The van der Waals surface area contributed by atoms with E-state index in [1.165, 1.54) is 0 Å². The number of nitrogens with two attached hydrogens (primary N) is 1. The molecule has 4 N–H and O–H groups in total. The summed E-state index contributed by atoms with van der Waals surface area (Å²) in [4.78, 5) is 21.4. The van der Waals surface area contributed by atoms with Crippen LogP contribution in [0.2, 0.25) is 0 Å². The summed E-state index contributed by atoms with van der Waals surface area (Å²) in [6.07, 6.45) is 3.36. The highest BCUT2D eigenvalue weighted by atomic mass is 16.5. The van der Waals surface area contributed by atoms with Gasteiger partial charge in [-0.1, -0.05) is 0 Å². The summed E-state index contributed by atoms with van der Waals surface area (Å²) in [7, 11) is 0. The van der Waals surface area contributed by atoms with Crippen molar-refractivity contribution in [1.82, 2.24) is 5.32 Å². The molecule has 1 saturated carbocycles. The molecule has 6 nitrogen and oxygen atoms in total. The predicted molar refractivity (Wildman–Crippen MR) is 57.0 cm³/mol. The number of hydrogen-bond donors (Lipinski definition) is 3. The van der Waals surface area contributed by atoms with E-state index in [1.54, 1.807) is 0 Å². The van der Waals surface area contributed by atoms with Gasteiger partial charge in [0.2, 0.25) is 0 Å². The molecule has 0 aromatic heterocycles. The minimum absolute atomic E-state index is 0.299. The number of nitrogens with one attached hydrogen (secondary N) is 1. The van der Waals surface area contributed by atoms with E-state index in [9.17, 15) is 9.59 Å². The number of aliphatic carboxylic acids is 1. The molecule has 1 aliphatic carbocycles. The highest BCUT2D eigenvalue weighted by Crippen LogP contribution is 2.18. The Labute approximate surface area is 94.1 Å². The molecule has 0 heterocycles. The fourth-order valence-electron chi connectivity index (χ4n) is 1.19. The largest absolute Gasteiger partial charge is 0.480 e. The Hall–Kier alpha value is -1.30. The van der Waals surface area contributed by atoms with Gasteiger partial charge in [0.25, 0.3) is 0 Å². The Morgan fingerprint density at radius 3 is 2.69 bits per heavy atom. The van der Waals surface area contributed by atoms with Crippen LogP contribution in [0, 0.1) is 0 Å². The van der Waals surface area contributed by atoms with Gasteiger partial charge in [0.05, 0.1) is 6.61 Å². The molecule has 0 aromatic carbocycles. The molecule has 1 fully saturated rings. The van der Waals surface area contributed by atoms with Gasteiger partial charge in [-0.25, -0.2) is 4.79 Å². The first-order valence-electron chi connectivity index (χ1n) is 5.51. The first-order chi connectivity index (χ1) is 7.59. The third-order valence-corrected chi connectivity index (χ3v) is 2.36. The van der Waals surface area contributed by atoms with Crippen LogP contribution < -0.4 is 11.1 Å². The second kappa shape index (κ2) is 6.32. The van der Waals surface area contributed by atoms with Gasteiger partial charge in [0.1, 0.15) is 6.04 Å². The van der Waals surface area contributed by atoms with Crippen molar-refractivity contribution in [2.75, 3.05) is 6.61 Å². The number of carboxylic acid groups (broad SMARTS) is 1. The number of carboxylic acids is 1. The van der Waals surface area contributed by atoms with Crippen LogP contribution in [-0.4, -0.2) is 35.9 Å². The average Bonchev–Trinajstić information content (AvgIpc) is 3.00. The third-order valence-electron chi connectivity index (χ3n) is 2.36. The van der Waals surface area contributed by atoms with Crippen LogP contribution in [0.15, 0.2) is 0 Å². The molecule has 1 unspecified atom stereocenters. The van der Waals surface area contributed by atoms with Gasteiger partial charge in [-0.05, 0) is 32.1 Å². The summed E-state index contributed by atoms with van der Waals surface area (Å²) in [5.74, 6) is -0.993. The number of carbonyl (C=O) groups excluding carboxylic acids is 1. The number of carbonyl (C=O) groups is 2. The number of ether oxygens (including phenoxy) is 1. The van der Waals surface area contributed by atoms with Gasteiger partial charge in [-0.3, -0.25) is 4.79 Å². The molecule has 1 atom stereocenters. The van der Waals surface area contributed by atoms with E-state index in [2.05, 4.69) is 5.32 Å². The van der Waals surface area contributed by atoms with Gasteiger partial charge < -0.3 is 20.9 Å². The molecule has 1 rings (SSSR count). The van der Waals surface area contributed by atoms with Crippen molar-refractivity contribution in [3.8, 4) is 0 Å². The molecule has 1 amide bonds. The normalized spacial score (nSPS) is 16.6. The second-order valence-electron chi connectivity index (χ2n) is 4.00. The zero-order chi connectivity index (χ0) is 12.0. The molecule has 16 heavy (non-hydrogen) atoms. The predicted octanol–water partition coefficient (Wildman–Crippen LogP) is 0.457. The van der Waals surface area contributed by atoms with E-state index in [-0.39, 0.29) is 6.09 Å². The Bertz CT molecular complexity index is 253. The summed E-state index contributed by atoms with van der Waals surface area (Å²) < 4.78 is 4.90. The number of alkyl carbamates (subject to hydrolysis) is 1. The van der Waals surface area contributed by atoms with Crippen molar-refractivity contribution in [2.24, 2.45) is 5.73 Å². The maximum absolute atomic E-state index is 11.0. The lowest BCUT2D eigenvalue weighted by atomic mass is 10.1. The van der Waals surface area contributed by atoms with Gasteiger partial charge in [0.15, 0.2) is 0 Å². The summed E-state index contributed by atoms with van der Waals surface area (Å²) in [6.45, 7) is 0.310. The highest BCUT2D eigenvalue weighted by Gasteiger charge is 2.23. The summed E-state index contributed by atoms with van der Waals surface area (Å²) in [5.41, 5.74) is 5.31. The van der Waals surface area contributed by atoms with Gasteiger partial charge in [-0.2, -0.15) is 0 Å². The Kier molecular flexibility index (Phi) is 5.04. The molecule has 92 valence electrons. The molecule has 6 heteroatoms. The van der Waals surface area contributed by atoms with Crippen LogP contribution in [0.3, 0.4) is 0 Å². The fourth-order valence-corrected chi connectivity index (χ4v) is 1.19. The maximum Gasteiger partial charge on any atom is 0.407 e. The van der Waals surface area contributed by atoms with Gasteiger partial charge in [-0.15, -0.1) is 0 Å². The molecule has 0 aromatic rings. The maximum atomic E-state index is 11.0. The van der Waals surface area contributed by atoms with E-state index in [4.69, 9.17) is 15.6 Å². The van der Waals surface area contributed by atoms with Crippen LogP contribution >= 0.6 is 0 Å². The lowest BCUT2D eigenvalue weighted by Gasteiger charge is -2.07. The first kappa shape index (κ1) is 12.8. The smallest absolute Gasteiger partial charge is 0.407 e. The quantitative estimate of drug-likeness (QED) is 0.551. The first-order valence-corrected chi connectivity index (χ1v) is 5.51. The van der Waals surface area contributed by atoms with Gasteiger partial charge >= 0.3 is 12.1 Å². The van der Waals surface area contributed by atoms with Crippen LogP contribution in [0.1, 0.15) is 32.1 Å². The lowest BCUT2D eigenvalue weighted by molar-refractivity contribution is -0.138. The van der Waals surface area contributed by atoms with Crippen molar-refractivity contribution in [3.05, 3.63) is 0 Å². The third kappa shape index (κ3) is 5.55. The Morgan fingerprint density at radius 2 is 2.12 bits per heavy atom. The van der Waals surface area contributed by atoms with E-state index >= 15 is 0 Å². The summed E-state index contributed by atoms with van der Waals surface area (Å²) >= 11 is 0. The molecule has 0 saturated heterocycles. The topological polar surface area (TPSA) is 102 Å². The molecule has 0 bridgehead atoms. The van der Waals surface area contributed by atoms with Gasteiger partial charge in [0, 0.05) is 6.04 Å². The molecular weight excluding hydrogens is 212 g/mol. The van der Waals surface area contributed by atoms with Crippen molar-refractivity contribution >= 4 is 12.1 Å².